The maximum atomic E-state index is 12.8. The highest BCUT2D eigenvalue weighted by Crippen LogP contribution is 2.34. The lowest BCUT2D eigenvalue weighted by atomic mass is 9.97. The largest absolute Gasteiger partial charge is 0.416 e. The molecule has 0 unspecified atom stereocenters. The van der Waals surface area contributed by atoms with Gasteiger partial charge in [-0.05, 0) is 24.6 Å². The van der Waals surface area contributed by atoms with E-state index in [4.69, 9.17) is 0 Å². The third kappa shape index (κ3) is 2.93. The van der Waals surface area contributed by atoms with Crippen LogP contribution in [0.5, 0.6) is 0 Å². The lowest BCUT2D eigenvalue weighted by Gasteiger charge is -2.13. The molecule has 0 aliphatic heterocycles. The smallest absolute Gasteiger partial charge is 0.289 e. The van der Waals surface area contributed by atoms with Crippen molar-refractivity contribution in [2.75, 3.05) is 0 Å². The number of carbonyl (C=O) groups excluding carboxylic acids is 1. The van der Waals surface area contributed by atoms with Crippen LogP contribution in [0.3, 0.4) is 0 Å². The molecule has 0 atom stereocenters. The minimum absolute atomic E-state index is 0.0536. The van der Waals surface area contributed by atoms with Crippen molar-refractivity contribution in [1.29, 1.82) is 0 Å². The van der Waals surface area contributed by atoms with E-state index in [-0.39, 0.29) is 10.0 Å². The SMILES string of the molecule is Cc1c(Br)cc(C(F)(F)F)cc1C(=O)c1ccccc1. The Morgan fingerprint density at radius 3 is 2.25 bits per heavy atom. The van der Waals surface area contributed by atoms with Crippen LogP contribution in [0.2, 0.25) is 0 Å². The summed E-state index contributed by atoms with van der Waals surface area (Å²) in [5.74, 6) is -0.421. The standard InChI is InChI=1S/C15H10BrF3O/c1-9-12(14(20)10-5-3-2-4-6-10)7-11(8-13(9)16)15(17,18)19/h2-8H,1H3. The van der Waals surface area contributed by atoms with E-state index in [1.54, 1.807) is 37.3 Å². The van der Waals surface area contributed by atoms with Crippen LogP contribution >= 0.6 is 15.9 Å². The molecule has 5 heteroatoms. The molecule has 0 fully saturated rings. The van der Waals surface area contributed by atoms with Crippen molar-refractivity contribution in [3.63, 3.8) is 0 Å². The number of halogens is 4. The zero-order chi connectivity index (χ0) is 14.9. The molecule has 0 aliphatic rings. The van der Waals surface area contributed by atoms with Crippen LogP contribution in [0.4, 0.5) is 13.2 Å². The molecular weight excluding hydrogens is 333 g/mol. The van der Waals surface area contributed by atoms with Gasteiger partial charge < -0.3 is 0 Å². The number of hydrogen-bond donors (Lipinski definition) is 0. The molecule has 0 N–H and O–H groups in total. The number of rotatable bonds is 2. The second-order valence-electron chi connectivity index (χ2n) is 4.32. The second-order valence-corrected chi connectivity index (χ2v) is 5.18. The van der Waals surface area contributed by atoms with Crippen molar-refractivity contribution in [2.45, 2.75) is 13.1 Å². The number of carbonyl (C=O) groups is 1. The number of hydrogen-bond acceptors (Lipinski definition) is 1. The van der Waals surface area contributed by atoms with Gasteiger partial charge in [-0.1, -0.05) is 46.3 Å². The molecule has 0 bridgehead atoms. The summed E-state index contributed by atoms with van der Waals surface area (Å²) in [6, 6.07) is 10.1. The fourth-order valence-electron chi connectivity index (χ4n) is 1.82. The zero-order valence-corrected chi connectivity index (χ0v) is 12.0. The quantitative estimate of drug-likeness (QED) is 0.701. The van der Waals surface area contributed by atoms with Gasteiger partial charge in [-0.15, -0.1) is 0 Å². The van der Waals surface area contributed by atoms with E-state index in [0.29, 0.717) is 11.1 Å². The highest BCUT2D eigenvalue weighted by molar-refractivity contribution is 9.10. The summed E-state index contributed by atoms with van der Waals surface area (Å²) >= 11 is 3.08. The second kappa shape index (κ2) is 5.40. The summed E-state index contributed by atoms with van der Waals surface area (Å²) in [5.41, 5.74) is 0.0702. The van der Waals surface area contributed by atoms with Crippen molar-refractivity contribution in [3.05, 3.63) is 69.2 Å². The van der Waals surface area contributed by atoms with Crippen LogP contribution in [0.1, 0.15) is 27.0 Å². The van der Waals surface area contributed by atoms with Gasteiger partial charge in [0.05, 0.1) is 5.56 Å². The van der Waals surface area contributed by atoms with Gasteiger partial charge in [0.15, 0.2) is 5.78 Å². The topological polar surface area (TPSA) is 17.1 Å². The highest BCUT2D eigenvalue weighted by atomic mass is 79.9. The number of ketones is 1. The first-order valence-electron chi connectivity index (χ1n) is 5.78. The van der Waals surface area contributed by atoms with E-state index >= 15 is 0 Å². The van der Waals surface area contributed by atoms with Crippen molar-refractivity contribution in [1.82, 2.24) is 0 Å². The number of alkyl halides is 3. The first-order valence-corrected chi connectivity index (χ1v) is 6.57. The Kier molecular flexibility index (Phi) is 3.99. The normalized spacial score (nSPS) is 11.4. The molecule has 0 amide bonds. The molecule has 0 saturated heterocycles. The summed E-state index contributed by atoms with van der Waals surface area (Å²) in [5, 5.41) is 0. The van der Waals surface area contributed by atoms with Crippen LogP contribution < -0.4 is 0 Å². The fraction of sp³-hybridized carbons (Fsp3) is 0.133. The van der Waals surface area contributed by atoms with Crippen LogP contribution in [0.25, 0.3) is 0 Å². The van der Waals surface area contributed by atoms with Gasteiger partial charge in [0.1, 0.15) is 0 Å². The Morgan fingerprint density at radius 2 is 1.70 bits per heavy atom. The van der Waals surface area contributed by atoms with E-state index in [0.717, 1.165) is 12.1 Å². The minimum Gasteiger partial charge on any atom is -0.289 e. The van der Waals surface area contributed by atoms with Crippen molar-refractivity contribution < 1.29 is 18.0 Å². The Hall–Kier alpha value is -1.62. The van der Waals surface area contributed by atoms with Crippen molar-refractivity contribution in [3.8, 4) is 0 Å². The maximum absolute atomic E-state index is 12.8. The Balaban J connectivity index is 2.57. The molecule has 2 aromatic rings. The Labute approximate surface area is 122 Å². The molecule has 0 aliphatic carbocycles. The molecule has 0 radical (unpaired) electrons. The average Bonchev–Trinajstić information content (AvgIpc) is 2.40. The van der Waals surface area contributed by atoms with Crippen LogP contribution in [-0.2, 0) is 6.18 Å². The predicted molar refractivity (Wildman–Crippen MR) is 73.8 cm³/mol. The van der Waals surface area contributed by atoms with E-state index < -0.39 is 17.5 Å². The van der Waals surface area contributed by atoms with Gasteiger partial charge in [-0.2, -0.15) is 13.2 Å². The third-order valence-electron chi connectivity index (χ3n) is 2.95. The van der Waals surface area contributed by atoms with E-state index in [9.17, 15) is 18.0 Å². The van der Waals surface area contributed by atoms with Gasteiger partial charge >= 0.3 is 6.18 Å². The summed E-state index contributed by atoms with van der Waals surface area (Å²) in [7, 11) is 0. The first kappa shape index (κ1) is 14.8. The molecule has 0 saturated carbocycles. The van der Waals surface area contributed by atoms with Crippen molar-refractivity contribution in [2.24, 2.45) is 0 Å². The molecular formula is C15H10BrF3O. The van der Waals surface area contributed by atoms with Crippen LogP contribution in [0, 0.1) is 6.92 Å². The lowest BCUT2D eigenvalue weighted by molar-refractivity contribution is -0.137. The van der Waals surface area contributed by atoms with E-state index in [1.807, 2.05) is 0 Å². The Morgan fingerprint density at radius 1 is 1.10 bits per heavy atom. The summed E-state index contributed by atoms with van der Waals surface area (Å²) < 4.78 is 38.7. The summed E-state index contributed by atoms with van der Waals surface area (Å²) in [6.45, 7) is 1.61. The summed E-state index contributed by atoms with van der Waals surface area (Å²) in [4.78, 5) is 12.3. The molecule has 104 valence electrons. The molecule has 2 rings (SSSR count). The van der Waals surface area contributed by atoms with Gasteiger partial charge in [-0.25, -0.2) is 0 Å². The monoisotopic (exact) mass is 342 g/mol. The minimum atomic E-state index is -4.48. The van der Waals surface area contributed by atoms with E-state index in [2.05, 4.69) is 15.9 Å². The van der Waals surface area contributed by atoms with Crippen LogP contribution in [-0.4, -0.2) is 5.78 Å². The van der Waals surface area contributed by atoms with E-state index in [1.165, 1.54) is 0 Å². The maximum Gasteiger partial charge on any atom is 0.416 e. The molecule has 0 heterocycles. The summed E-state index contributed by atoms with van der Waals surface area (Å²) in [6.07, 6.45) is -4.48. The first-order chi connectivity index (χ1) is 9.30. The molecule has 0 aromatic heterocycles. The molecule has 2 aromatic carbocycles. The Bertz CT molecular complexity index is 648. The molecule has 1 nitrogen and oxygen atoms in total. The average molecular weight is 343 g/mol. The fourth-order valence-corrected chi connectivity index (χ4v) is 2.28. The zero-order valence-electron chi connectivity index (χ0n) is 10.5. The lowest BCUT2D eigenvalue weighted by Crippen LogP contribution is -2.10. The molecule has 0 spiro atoms. The van der Waals surface area contributed by atoms with Gasteiger partial charge in [0.2, 0.25) is 0 Å². The van der Waals surface area contributed by atoms with Gasteiger partial charge in [-0.3, -0.25) is 4.79 Å². The third-order valence-corrected chi connectivity index (χ3v) is 3.78. The van der Waals surface area contributed by atoms with Crippen molar-refractivity contribution >= 4 is 21.7 Å². The van der Waals surface area contributed by atoms with Gasteiger partial charge in [0.25, 0.3) is 0 Å². The number of benzene rings is 2. The molecule has 20 heavy (non-hydrogen) atoms. The highest BCUT2D eigenvalue weighted by Gasteiger charge is 2.32. The van der Waals surface area contributed by atoms with Crippen LogP contribution in [0.15, 0.2) is 46.9 Å². The predicted octanol–water partition coefficient (Wildman–Crippen LogP) is 5.01. The van der Waals surface area contributed by atoms with Gasteiger partial charge in [0, 0.05) is 15.6 Å².